The van der Waals surface area contributed by atoms with Crippen LogP contribution in [-0.4, -0.2) is 29.7 Å². The van der Waals surface area contributed by atoms with Crippen LogP contribution in [0.5, 0.6) is 0 Å². The van der Waals surface area contributed by atoms with E-state index < -0.39 is 5.24 Å². The fourth-order valence-electron chi connectivity index (χ4n) is 0. The van der Waals surface area contributed by atoms with Crippen molar-refractivity contribution < 1.29 is 67.5 Å². The molecule has 8 heteroatoms. The second kappa shape index (κ2) is 22.8. The third kappa shape index (κ3) is 112. The van der Waals surface area contributed by atoms with Crippen LogP contribution in [0.3, 0.4) is 0 Å². The van der Waals surface area contributed by atoms with E-state index in [4.69, 9.17) is 9.90 Å². The van der Waals surface area contributed by atoms with Crippen LogP contribution in [-0.2, 0) is 0 Å². The number of carbonyl (C=O) groups is 2. The third-order valence-corrected chi connectivity index (χ3v) is 0.437. The Labute approximate surface area is 127 Å². The zero-order valence-corrected chi connectivity index (χ0v) is 12.1. The minimum absolute atomic E-state index is 0. The van der Waals surface area contributed by atoms with E-state index >= 15 is 0 Å². The first-order valence-corrected chi connectivity index (χ1v) is 3.24. The van der Waals surface area contributed by atoms with E-state index in [1.807, 2.05) is 0 Å². The van der Waals surface area contributed by atoms with Gasteiger partial charge in [-0.25, -0.2) is 0 Å². The fraction of sp³-hybridized carbons (Fsp3) is 0.500. The average Bonchev–Trinajstić information content (AvgIpc) is 1.91. The van der Waals surface area contributed by atoms with Crippen LogP contribution in [0.1, 0.15) is 1.43 Å². The molecule has 12 heavy (non-hydrogen) atoms. The van der Waals surface area contributed by atoms with Gasteiger partial charge in [0.05, 0.1) is 0 Å². The van der Waals surface area contributed by atoms with E-state index in [9.17, 15) is 4.79 Å². The Morgan fingerprint density at radius 2 is 1.50 bits per heavy atom. The largest absolute Gasteiger partial charge is 1.00 e. The first-order chi connectivity index (χ1) is 5.00. The minimum atomic E-state index is -0.639. The summed E-state index contributed by atoms with van der Waals surface area (Å²) in [4.78, 5) is 18.7. The first kappa shape index (κ1) is 23.2. The summed E-state index contributed by atoms with van der Waals surface area (Å²) in [6.45, 7) is 0. The molecule has 0 radical (unpaired) electrons. The van der Waals surface area contributed by atoms with Gasteiger partial charge in [-0.05, 0) is 0 Å². The van der Waals surface area contributed by atoms with Crippen molar-refractivity contribution in [3.8, 4) is 0 Å². The molecule has 0 aromatic heterocycles. The summed E-state index contributed by atoms with van der Waals surface area (Å²) in [7, 11) is 2.52. The van der Waals surface area contributed by atoms with E-state index in [1.165, 1.54) is 7.05 Å². The quantitative estimate of drug-likeness (QED) is 0.230. The standard InChI is InChI=1S/C2H5NOS.CH3NOS.CH4O.K.H/c1-3-2(4)5;2-1(3)4;1-2;;/h1H3,(H2,3,4,5);(H3,2,3,4);2H,1H3;;/q;;;+1;-1. The molecule has 0 spiro atoms. The molecule has 0 saturated carbocycles. The first-order valence-electron chi connectivity index (χ1n) is 2.34. The Kier molecular flexibility index (Phi) is 44.1. The van der Waals surface area contributed by atoms with Gasteiger partial charge in [0.1, 0.15) is 0 Å². The number of hydrogen-bond donors (Lipinski definition) is 5. The molecule has 2 amide bonds. The summed E-state index contributed by atoms with van der Waals surface area (Å²) in [6.07, 6.45) is 0. The van der Waals surface area contributed by atoms with Gasteiger partial charge >= 0.3 is 51.4 Å². The van der Waals surface area contributed by atoms with E-state index in [0.717, 1.165) is 7.11 Å². The van der Waals surface area contributed by atoms with Crippen molar-refractivity contribution in [1.29, 1.82) is 0 Å². The van der Waals surface area contributed by atoms with Gasteiger partial charge in [0.15, 0.2) is 0 Å². The number of nitrogens with two attached hydrogens (primary N) is 1. The molecule has 0 atom stereocenters. The van der Waals surface area contributed by atoms with Crippen molar-refractivity contribution in [3.05, 3.63) is 0 Å². The van der Waals surface area contributed by atoms with Crippen molar-refractivity contribution in [2.45, 2.75) is 0 Å². The van der Waals surface area contributed by atoms with Crippen molar-refractivity contribution in [2.24, 2.45) is 5.73 Å². The molecule has 0 aliphatic carbocycles. The monoisotopic (exact) mass is 240 g/mol. The fourth-order valence-corrected chi connectivity index (χ4v) is 0. The molecule has 4 N–H and O–H groups in total. The number of primary amides is 1. The maximum Gasteiger partial charge on any atom is 1.00 e. The van der Waals surface area contributed by atoms with Crippen LogP contribution in [0.25, 0.3) is 0 Å². The Morgan fingerprint density at radius 3 is 1.50 bits per heavy atom. The van der Waals surface area contributed by atoms with Crippen LogP contribution >= 0.6 is 25.3 Å². The Bertz CT molecular complexity index is 116. The Hall–Kier alpha value is 1.24. The van der Waals surface area contributed by atoms with E-state index in [2.05, 4.69) is 36.3 Å². The molecular weight excluding hydrogens is 227 g/mol. The van der Waals surface area contributed by atoms with Gasteiger partial charge in [-0.15, -0.1) is 0 Å². The number of amides is 2. The molecule has 0 aromatic rings. The van der Waals surface area contributed by atoms with Crippen LogP contribution in [0.4, 0.5) is 9.59 Å². The van der Waals surface area contributed by atoms with Gasteiger partial charge in [0.2, 0.25) is 0 Å². The molecule has 0 aliphatic heterocycles. The zero-order valence-electron chi connectivity index (χ0n) is 8.24. The predicted octanol–water partition coefficient (Wildman–Crippen LogP) is -3.02. The van der Waals surface area contributed by atoms with Crippen molar-refractivity contribution >= 4 is 35.7 Å². The van der Waals surface area contributed by atoms with E-state index in [0.29, 0.717) is 0 Å². The number of hydrogen-bond acceptors (Lipinski definition) is 3. The second-order valence-electron chi connectivity index (χ2n) is 0.893. The van der Waals surface area contributed by atoms with Gasteiger partial charge in [-0.2, -0.15) is 0 Å². The van der Waals surface area contributed by atoms with Crippen LogP contribution in [0.2, 0.25) is 0 Å². The minimum Gasteiger partial charge on any atom is -1.00 e. The van der Waals surface area contributed by atoms with Crippen molar-refractivity contribution in [1.82, 2.24) is 5.32 Å². The maximum atomic E-state index is 9.57. The smallest absolute Gasteiger partial charge is 1.00 e. The van der Waals surface area contributed by atoms with E-state index in [1.54, 1.807) is 0 Å². The number of aliphatic hydroxyl groups is 1. The summed E-state index contributed by atoms with van der Waals surface area (Å²) in [5, 5.41) is 8.31. The molecule has 0 saturated heterocycles. The molecule has 0 heterocycles. The molecule has 5 nitrogen and oxygen atoms in total. The van der Waals surface area contributed by atoms with Crippen LogP contribution in [0, 0.1) is 0 Å². The summed E-state index contributed by atoms with van der Waals surface area (Å²) in [6, 6.07) is 0. The topological polar surface area (TPSA) is 92.4 Å². The van der Waals surface area contributed by atoms with Gasteiger partial charge < -0.3 is 17.6 Å². The zero-order chi connectivity index (χ0) is 9.86. The molecule has 0 aliphatic rings. The summed E-state index contributed by atoms with van der Waals surface area (Å²) in [5.74, 6) is 0. The molecule has 0 rings (SSSR count). The van der Waals surface area contributed by atoms with E-state index in [-0.39, 0.29) is 58.1 Å². The Morgan fingerprint density at radius 1 is 1.42 bits per heavy atom. The molecule has 0 aromatic carbocycles. The normalized spacial score (nSPS) is 5.42. The average molecular weight is 240 g/mol. The Balaban J connectivity index is -0.0000000246. The van der Waals surface area contributed by atoms with Gasteiger partial charge in [-0.1, -0.05) is 25.3 Å². The second-order valence-corrected chi connectivity index (χ2v) is 1.74. The third-order valence-electron chi connectivity index (χ3n) is 0.214. The number of carbonyl (C=O) groups excluding carboxylic acids is 2. The predicted molar refractivity (Wildman–Crippen MR) is 51.3 cm³/mol. The number of nitrogens with one attached hydrogen (secondary N) is 1. The molecule has 70 valence electrons. The van der Waals surface area contributed by atoms with Gasteiger partial charge in [-0.3, -0.25) is 9.59 Å². The molecule has 0 unspecified atom stereocenters. The summed E-state index contributed by atoms with van der Waals surface area (Å²) >= 11 is 6.45. The number of thiol groups is 2. The molecule has 0 fully saturated rings. The van der Waals surface area contributed by atoms with Crippen LogP contribution < -0.4 is 62.4 Å². The van der Waals surface area contributed by atoms with Gasteiger partial charge in [0.25, 0.3) is 10.5 Å². The SMILES string of the molecule is CNC(=O)S.CO.NC(=O)S.[H-].[K+]. The molecular formula is C4H13KN2O3S2. The summed E-state index contributed by atoms with van der Waals surface area (Å²) < 4.78 is 0. The molecule has 0 bridgehead atoms. The summed E-state index contributed by atoms with van der Waals surface area (Å²) in [5.41, 5.74) is 4.34. The number of rotatable bonds is 0. The van der Waals surface area contributed by atoms with Gasteiger partial charge in [0, 0.05) is 14.2 Å². The van der Waals surface area contributed by atoms with Crippen molar-refractivity contribution in [3.63, 3.8) is 0 Å². The number of aliphatic hydroxyl groups excluding tert-OH is 1. The maximum absolute atomic E-state index is 9.57. The van der Waals surface area contributed by atoms with Crippen molar-refractivity contribution in [2.75, 3.05) is 14.2 Å². The van der Waals surface area contributed by atoms with Crippen LogP contribution in [0.15, 0.2) is 0 Å².